The first-order valence-corrected chi connectivity index (χ1v) is 22.7. The molecule has 154 valence electrons. The first kappa shape index (κ1) is 22.5. The molecule has 0 N–H and O–H groups in total. The van der Waals surface area contributed by atoms with Crippen LogP contribution in [0.15, 0.2) is 78.4 Å². The summed E-state index contributed by atoms with van der Waals surface area (Å²) in [5.41, 5.74) is 7.95. The zero-order chi connectivity index (χ0) is 21.5. The van der Waals surface area contributed by atoms with E-state index >= 15 is 0 Å². The van der Waals surface area contributed by atoms with E-state index in [1.807, 2.05) is 6.07 Å². The van der Waals surface area contributed by atoms with Crippen LogP contribution < -0.4 is 5.30 Å². The Morgan fingerprint density at radius 2 is 1.50 bits per heavy atom. The molecule has 0 saturated heterocycles. The number of rotatable bonds is 4. The molecule has 1 aliphatic rings. The summed E-state index contributed by atoms with van der Waals surface area (Å²) in [7, 11) is 14.4. The minimum absolute atomic E-state index is 0.155. The van der Waals surface area contributed by atoms with Gasteiger partial charge in [-0.05, 0) is 0 Å². The number of allylic oxidation sites excluding steroid dienone is 1. The first-order chi connectivity index (χ1) is 14.2. The van der Waals surface area contributed by atoms with Gasteiger partial charge < -0.3 is 0 Å². The molecule has 3 aromatic rings. The Balaban J connectivity index is 1.71. The van der Waals surface area contributed by atoms with Crippen LogP contribution in [-0.2, 0) is 22.7 Å². The van der Waals surface area contributed by atoms with E-state index in [1.165, 1.54) is 38.7 Å². The molecular formula is C26H27Cl2PZr. The summed E-state index contributed by atoms with van der Waals surface area (Å²) in [6.07, 6.45) is 2.32. The van der Waals surface area contributed by atoms with Gasteiger partial charge in [-0.15, -0.1) is 0 Å². The third kappa shape index (κ3) is 4.56. The maximum absolute atomic E-state index is 7.22. The second-order valence-corrected chi connectivity index (χ2v) is 32.8. The van der Waals surface area contributed by atoms with Crippen molar-refractivity contribution >= 4 is 34.3 Å². The summed E-state index contributed by atoms with van der Waals surface area (Å²) in [6.45, 7) is 8.95. The number of hydrogen-bond donors (Lipinski definition) is 0. The molecule has 0 spiro atoms. The summed E-state index contributed by atoms with van der Waals surface area (Å²) < 4.78 is 0.199. The van der Waals surface area contributed by atoms with Crippen LogP contribution >= 0.6 is 22.9 Å². The first-order valence-electron chi connectivity index (χ1n) is 10.3. The van der Waals surface area contributed by atoms with Crippen LogP contribution in [0.4, 0.5) is 0 Å². The van der Waals surface area contributed by atoms with Crippen LogP contribution in [0.1, 0.15) is 48.0 Å². The molecule has 0 bridgehead atoms. The van der Waals surface area contributed by atoms with E-state index in [1.54, 1.807) is 0 Å². The van der Waals surface area contributed by atoms with E-state index in [0.29, 0.717) is 5.87 Å². The Bertz CT molecular complexity index is 1080. The van der Waals surface area contributed by atoms with Crippen molar-refractivity contribution in [3.63, 3.8) is 0 Å². The molecule has 4 rings (SSSR count). The molecule has 0 heterocycles. The summed E-state index contributed by atoms with van der Waals surface area (Å²) in [4.78, 5) is 0. The number of fused-ring (bicyclic) bond motifs is 1. The molecule has 1 aliphatic carbocycles. The number of halogens is 2. The predicted molar refractivity (Wildman–Crippen MR) is 133 cm³/mol. The van der Waals surface area contributed by atoms with Crippen molar-refractivity contribution in [2.75, 3.05) is 0 Å². The molecule has 0 aromatic heterocycles. The molecule has 0 aliphatic heterocycles. The monoisotopic (exact) mass is 530 g/mol. The van der Waals surface area contributed by atoms with Crippen LogP contribution in [-0.4, -0.2) is 0 Å². The Morgan fingerprint density at radius 1 is 0.833 bits per heavy atom. The fourth-order valence-corrected chi connectivity index (χ4v) is 23.0. The van der Waals surface area contributed by atoms with Gasteiger partial charge in [0.1, 0.15) is 0 Å². The number of benzene rings is 3. The third-order valence-corrected chi connectivity index (χ3v) is 22.6. The SMILES string of the molecule is CC1=Cc2c(-c3ccc(C(C)(C)C)cc3)cccc2[CH]1[Zr]([Cl])([Cl])[PH]c1ccccc1. The van der Waals surface area contributed by atoms with E-state index in [9.17, 15) is 0 Å². The maximum atomic E-state index is 7.22. The van der Waals surface area contributed by atoms with E-state index < -0.39 is 17.3 Å². The second kappa shape index (κ2) is 8.67. The van der Waals surface area contributed by atoms with Crippen LogP contribution in [0, 0.1) is 0 Å². The van der Waals surface area contributed by atoms with Gasteiger partial charge in [-0.2, -0.15) is 0 Å². The molecule has 0 radical (unpaired) electrons. The van der Waals surface area contributed by atoms with Crippen LogP contribution in [0.2, 0.25) is 0 Å². The van der Waals surface area contributed by atoms with Crippen molar-refractivity contribution < 1.29 is 17.3 Å². The van der Waals surface area contributed by atoms with Crippen molar-refractivity contribution in [1.29, 1.82) is 0 Å². The van der Waals surface area contributed by atoms with Crippen molar-refractivity contribution in [3.8, 4) is 11.1 Å². The van der Waals surface area contributed by atoms with E-state index in [0.717, 1.165) is 0 Å². The van der Waals surface area contributed by atoms with Crippen molar-refractivity contribution in [3.05, 3.63) is 95.1 Å². The van der Waals surface area contributed by atoms with Gasteiger partial charge >= 0.3 is 194 Å². The zero-order valence-corrected chi connectivity index (χ0v) is 22.8. The van der Waals surface area contributed by atoms with Gasteiger partial charge in [0.2, 0.25) is 0 Å². The topological polar surface area (TPSA) is 0 Å². The van der Waals surface area contributed by atoms with Crippen molar-refractivity contribution in [2.24, 2.45) is 0 Å². The van der Waals surface area contributed by atoms with Crippen LogP contribution in [0.25, 0.3) is 17.2 Å². The predicted octanol–water partition coefficient (Wildman–Crippen LogP) is 8.49. The van der Waals surface area contributed by atoms with E-state index in [-0.39, 0.29) is 9.04 Å². The van der Waals surface area contributed by atoms with Gasteiger partial charge in [0.05, 0.1) is 0 Å². The Labute approximate surface area is 193 Å². The molecule has 0 nitrogen and oxygen atoms in total. The second-order valence-electron chi connectivity index (χ2n) is 9.07. The fourth-order valence-electron chi connectivity index (χ4n) is 4.22. The zero-order valence-electron chi connectivity index (χ0n) is 17.8. The van der Waals surface area contributed by atoms with Gasteiger partial charge in [-0.25, -0.2) is 0 Å². The van der Waals surface area contributed by atoms with Crippen LogP contribution in [0.5, 0.6) is 0 Å². The van der Waals surface area contributed by atoms with E-state index in [4.69, 9.17) is 17.0 Å². The molecule has 2 unspecified atom stereocenters. The van der Waals surface area contributed by atoms with Crippen molar-refractivity contribution in [1.82, 2.24) is 0 Å². The van der Waals surface area contributed by atoms with Gasteiger partial charge in [0, 0.05) is 0 Å². The summed E-state index contributed by atoms with van der Waals surface area (Å²) in [5.74, 6) is 0.518. The molecule has 30 heavy (non-hydrogen) atoms. The Morgan fingerprint density at radius 3 is 2.13 bits per heavy atom. The molecular weight excluding hydrogens is 505 g/mol. The summed E-state index contributed by atoms with van der Waals surface area (Å²) >= 11 is -3.45. The summed E-state index contributed by atoms with van der Waals surface area (Å²) in [5, 5.41) is 1.27. The standard InChI is InChI=1S/C20H21.C6H6P.2ClH.Zr/c1-14-12-16-6-5-7-18(19(16)13-14)15-8-10-17(11-9-15)20(2,3)4;7-6-4-2-1-3-5-6;;;/h5-13H,1-4H3;1-5,7H;2*1H;/q;-1;;;+3/p-2. The molecule has 0 amide bonds. The number of hydrogen-bond acceptors (Lipinski definition) is 0. The fraction of sp³-hybridized carbons (Fsp3) is 0.231. The normalized spacial score (nSPS) is 16.7. The Kier molecular flexibility index (Phi) is 6.50. The minimum atomic E-state index is -3.45. The molecule has 4 heteroatoms. The summed E-state index contributed by atoms with van der Waals surface area (Å²) in [6, 6.07) is 26.1. The molecule has 2 atom stereocenters. The third-order valence-electron chi connectivity index (χ3n) is 5.79. The molecule has 3 aromatic carbocycles. The average molecular weight is 533 g/mol. The van der Waals surface area contributed by atoms with Gasteiger partial charge in [0.15, 0.2) is 0 Å². The average Bonchev–Trinajstić information content (AvgIpc) is 3.04. The van der Waals surface area contributed by atoms with Gasteiger partial charge in [-0.1, -0.05) is 0 Å². The van der Waals surface area contributed by atoms with E-state index in [2.05, 4.69) is 101 Å². The Hall–Kier alpha value is -0.707. The molecule has 0 saturated carbocycles. The van der Waals surface area contributed by atoms with Crippen LogP contribution in [0.3, 0.4) is 0 Å². The van der Waals surface area contributed by atoms with Gasteiger partial charge in [0.25, 0.3) is 0 Å². The quantitative estimate of drug-likeness (QED) is 0.296. The van der Waals surface area contributed by atoms with Gasteiger partial charge in [-0.3, -0.25) is 0 Å². The van der Waals surface area contributed by atoms with Crippen molar-refractivity contribution in [2.45, 2.75) is 36.7 Å². The molecule has 0 fully saturated rings.